The number of carbonyl (C=O) groups excluding carboxylic acids is 1. The number of amides is 1. The van der Waals surface area contributed by atoms with Gasteiger partial charge in [-0.25, -0.2) is 0 Å². The third kappa shape index (κ3) is 10.1. The molecule has 0 aromatic heterocycles. The van der Waals surface area contributed by atoms with Crippen molar-refractivity contribution in [2.24, 2.45) is 0 Å². The second-order valence-corrected chi connectivity index (χ2v) is 4.40. The van der Waals surface area contributed by atoms with E-state index < -0.39 is 0 Å². The smallest absolute Gasteiger partial charge is 0.243 e. The highest BCUT2D eigenvalue weighted by molar-refractivity contribution is 5.86. The predicted molar refractivity (Wildman–Crippen MR) is 74.1 cm³/mol. The van der Waals surface area contributed by atoms with E-state index in [0.29, 0.717) is 0 Å². The normalized spacial score (nSPS) is 10.5. The fourth-order valence-corrected chi connectivity index (χ4v) is 1.78. The van der Waals surface area contributed by atoms with Gasteiger partial charge in [0.1, 0.15) is 0 Å². The molecule has 0 fully saturated rings. The predicted octanol–water partition coefficient (Wildman–Crippen LogP) is 2.58. The van der Waals surface area contributed by atoms with Crippen molar-refractivity contribution >= 4 is 5.91 Å². The van der Waals surface area contributed by atoms with E-state index in [0.717, 1.165) is 25.9 Å². The van der Waals surface area contributed by atoms with Gasteiger partial charge in [0.2, 0.25) is 5.91 Å². The van der Waals surface area contributed by atoms with E-state index in [1.165, 1.54) is 38.4 Å². The quantitative estimate of drug-likeness (QED) is 0.445. The molecule has 0 aliphatic heterocycles. The van der Waals surface area contributed by atoms with Gasteiger partial charge in [0.05, 0.1) is 0 Å². The Morgan fingerprint density at radius 1 is 1.12 bits per heavy atom. The van der Waals surface area contributed by atoms with Gasteiger partial charge in [0.25, 0.3) is 0 Å². The van der Waals surface area contributed by atoms with Gasteiger partial charge in [0, 0.05) is 6.54 Å². The van der Waals surface area contributed by atoms with Crippen LogP contribution < -0.4 is 5.32 Å². The molecular formula is C14H28N2O. The fourth-order valence-electron chi connectivity index (χ4n) is 1.78. The van der Waals surface area contributed by atoms with E-state index in [2.05, 4.69) is 30.6 Å². The Kier molecular flexibility index (Phi) is 11.1. The number of hydrogen-bond donors (Lipinski definition) is 1. The molecule has 0 bridgehead atoms. The summed E-state index contributed by atoms with van der Waals surface area (Å²) in [6.07, 6.45) is 7.29. The lowest BCUT2D eigenvalue weighted by atomic mass is 10.2. The summed E-state index contributed by atoms with van der Waals surface area (Å²) >= 11 is 0. The van der Waals surface area contributed by atoms with Gasteiger partial charge in [-0.15, -0.1) is 0 Å². The van der Waals surface area contributed by atoms with Gasteiger partial charge in [-0.2, -0.15) is 0 Å². The lowest BCUT2D eigenvalue weighted by molar-refractivity contribution is -0.116. The molecular weight excluding hydrogens is 212 g/mol. The molecule has 3 heteroatoms. The summed E-state index contributed by atoms with van der Waals surface area (Å²) in [5.41, 5.74) is 0. The Balaban J connectivity index is 3.52. The molecule has 0 saturated carbocycles. The molecule has 1 N–H and O–H groups in total. The van der Waals surface area contributed by atoms with Crippen LogP contribution in [0.15, 0.2) is 12.7 Å². The standard InChI is InChI=1S/C14H28N2O/c1-4-7-12-16(11-5-2)13-9-8-10-15-14(17)6-3/h6H,3-5,7-13H2,1-2H3,(H,15,17). The van der Waals surface area contributed by atoms with Crippen molar-refractivity contribution in [2.75, 3.05) is 26.2 Å². The lowest BCUT2D eigenvalue weighted by Gasteiger charge is -2.21. The monoisotopic (exact) mass is 240 g/mol. The van der Waals surface area contributed by atoms with Crippen LogP contribution in [0.3, 0.4) is 0 Å². The van der Waals surface area contributed by atoms with Crippen molar-refractivity contribution in [1.82, 2.24) is 10.2 Å². The van der Waals surface area contributed by atoms with Crippen LogP contribution in [-0.4, -0.2) is 37.0 Å². The zero-order chi connectivity index (χ0) is 12.9. The number of unbranched alkanes of at least 4 members (excludes halogenated alkanes) is 2. The number of rotatable bonds is 11. The molecule has 0 saturated heterocycles. The first kappa shape index (κ1) is 16.2. The third-order valence-corrected chi connectivity index (χ3v) is 2.75. The van der Waals surface area contributed by atoms with E-state index in [-0.39, 0.29) is 5.91 Å². The molecule has 1 amide bonds. The number of nitrogens with zero attached hydrogens (tertiary/aromatic N) is 1. The maximum absolute atomic E-state index is 10.9. The molecule has 0 unspecified atom stereocenters. The van der Waals surface area contributed by atoms with Crippen molar-refractivity contribution < 1.29 is 4.79 Å². The number of carbonyl (C=O) groups is 1. The Hall–Kier alpha value is -0.830. The van der Waals surface area contributed by atoms with Crippen LogP contribution in [0.25, 0.3) is 0 Å². The minimum atomic E-state index is -0.0682. The Morgan fingerprint density at radius 3 is 2.41 bits per heavy atom. The van der Waals surface area contributed by atoms with Crippen molar-refractivity contribution in [3.8, 4) is 0 Å². The summed E-state index contributed by atoms with van der Waals surface area (Å²) in [5, 5.41) is 2.81. The second-order valence-electron chi connectivity index (χ2n) is 4.40. The minimum absolute atomic E-state index is 0.0682. The van der Waals surface area contributed by atoms with Crippen LogP contribution >= 0.6 is 0 Å². The first-order valence-electron chi connectivity index (χ1n) is 6.87. The molecule has 3 nitrogen and oxygen atoms in total. The van der Waals surface area contributed by atoms with Gasteiger partial charge in [0.15, 0.2) is 0 Å². The average Bonchev–Trinajstić information content (AvgIpc) is 2.34. The van der Waals surface area contributed by atoms with Crippen molar-refractivity contribution in [3.63, 3.8) is 0 Å². The zero-order valence-corrected chi connectivity index (χ0v) is 11.5. The maximum atomic E-state index is 10.9. The summed E-state index contributed by atoms with van der Waals surface area (Å²) in [4.78, 5) is 13.4. The van der Waals surface area contributed by atoms with Gasteiger partial charge in [-0.3, -0.25) is 4.79 Å². The highest BCUT2D eigenvalue weighted by Crippen LogP contribution is 2.00. The second kappa shape index (κ2) is 11.6. The topological polar surface area (TPSA) is 32.3 Å². The zero-order valence-electron chi connectivity index (χ0n) is 11.5. The van der Waals surface area contributed by atoms with E-state index in [1.807, 2.05) is 0 Å². The van der Waals surface area contributed by atoms with Crippen LogP contribution in [0.4, 0.5) is 0 Å². The van der Waals surface area contributed by atoms with Gasteiger partial charge in [-0.1, -0.05) is 26.8 Å². The number of nitrogens with one attached hydrogen (secondary N) is 1. The molecule has 0 aromatic carbocycles. The summed E-state index contributed by atoms with van der Waals surface area (Å²) < 4.78 is 0. The summed E-state index contributed by atoms with van der Waals surface area (Å²) in [6, 6.07) is 0. The van der Waals surface area contributed by atoms with Crippen LogP contribution in [0, 0.1) is 0 Å². The number of hydrogen-bond acceptors (Lipinski definition) is 2. The highest BCUT2D eigenvalue weighted by atomic mass is 16.1. The van der Waals surface area contributed by atoms with Crippen LogP contribution in [0.2, 0.25) is 0 Å². The van der Waals surface area contributed by atoms with E-state index >= 15 is 0 Å². The molecule has 17 heavy (non-hydrogen) atoms. The van der Waals surface area contributed by atoms with E-state index in [1.54, 1.807) is 0 Å². The molecule has 0 aliphatic rings. The molecule has 0 heterocycles. The first-order valence-corrected chi connectivity index (χ1v) is 6.87. The molecule has 0 radical (unpaired) electrons. The summed E-state index contributed by atoms with van der Waals surface area (Å²) in [5.74, 6) is -0.0682. The van der Waals surface area contributed by atoms with E-state index in [4.69, 9.17) is 0 Å². The Bertz CT molecular complexity index is 204. The SMILES string of the molecule is C=CC(=O)NCCCCN(CCC)CCCC. The van der Waals surface area contributed by atoms with Crippen LogP contribution in [0.1, 0.15) is 46.0 Å². The third-order valence-electron chi connectivity index (χ3n) is 2.75. The highest BCUT2D eigenvalue weighted by Gasteiger charge is 2.02. The average molecular weight is 240 g/mol. The Morgan fingerprint density at radius 2 is 1.82 bits per heavy atom. The largest absolute Gasteiger partial charge is 0.353 e. The van der Waals surface area contributed by atoms with Crippen LogP contribution in [-0.2, 0) is 4.79 Å². The molecule has 0 rings (SSSR count). The van der Waals surface area contributed by atoms with Crippen molar-refractivity contribution in [1.29, 1.82) is 0 Å². The van der Waals surface area contributed by atoms with Gasteiger partial charge < -0.3 is 10.2 Å². The molecule has 100 valence electrons. The molecule has 0 aromatic rings. The first-order chi connectivity index (χ1) is 8.24. The Labute approximate surface area is 106 Å². The molecule has 0 aliphatic carbocycles. The van der Waals surface area contributed by atoms with Crippen molar-refractivity contribution in [2.45, 2.75) is 46.0 Å². The minimum Gasteiger partial charge on any atom is -0.353 e. The lowest BCUT2D eigenvalue weighted by Crippen LogP contribution is -2.28. The summed E-state index contributed by atoms with van der Waals surface area (Å²) in [7, 11) is 0. The van der Waals surface area contributed by atoms with E-state index in [9.17, 15) is 4.79 Å². The molecule has 0 atom stereocenters. The van der Waals surface area contributed by atoms with Crippen LogP contribution in [0.5, 0.6) is 0 Å². The molecule has 0 spiro atoms. The summed E-state index contributed by atoms with van der Waals surface area (Å²) in [6.45, 7) is 12.2. The maximum Gasteiger partial charge on any atom is 0.243 e. The van der Waals surface area contributed by atoms with Gasteiger partial charge >= 0.3 is 0 Å². The van der Waals surface area contributed by atoms with Gasteiger partial charge in [-0.05, 0) is 51.4 Å². The fraction of sp³-hybridized carbons (Fsp3) is 0.786. The van der Waals surface area contributed by atoms with Crippen molar-refractivity contribution in [3.05, 3.63) is 12.7 Å².